The van der Waals surface area contributed by atoms with E-state index in [-0.39, 0.29) is 25.7 Å². The highest BCUT2D eigenvalue weighted by Crippen LogP contribution is 2.09. The number of carboxylic acid groups (broad SMARTS) is 1. The molecule has 0 aliphatic carbocycles. The number of hydrogen-bond acceptors (Lipinski definition) is 4. The topological polar surface area (TPSA) is 93.5 Å². The van der Waals surface area contributed by atoms with Crippen molar-refractivity contribution < 1.29 is 19.4 Å². The third-order valence-corrected chi connectivity index (χ3v) is 3.41. The summed E-state index contributed by atoms with van der Waals surface area (Å²) in [5.41, 5.74) is 3.68. The minimum absolute atomic E-state index is 0.161. The molecule has 7 heteroatoms. The van der Waals surface area contributed by atoms with E-state index in [9.17, 15) is 9.59 Å². The van der Waals surface area contributed by atoms with E-state index in [0.717, 1.165) is 17.0 Å². The summed E-state index contributed by atoms with van der Waals surface area (Å²) in [4.78, 5) is 22.3. The van der Waals surface area contributed by atoms with Crippen LogP contribution in [0.15, 0.2) is 30.3 Å². The van der Waals surface area contributed by atoms with E-state index in [1.54, 1.807) is 12.1 Å². The second kappa shape index (κ2) is 8.26. The monoisotopic (exact) mass is 331 g/mol. The summed E-state index contributed by atoms with van der Waals surface area (Å²) in [5, 5.41) is 15.5. The molecule has 0 fully saturated rings. The molecule has 7 nitrogen and oxygen atoms in total. The number of aliphatic carboxylic acids is 1. The van der Waals surface area contributed by atoms with E-state index in [2.05, 4.69) is 10.4 Å². The number of aromatic nitrogens is 2. The first kappa shape index (κ1) is 17.7. The van der Waals surface area contributed by atoms with Crippen LogP contribution in [0.2, 0.25) is 0 Å². The SMILES string of the molecule is Cc1cc(C)n(Cc2ccc(C(=O)NCCOCC(=O)O)cc2)n1. The zero-order chi connectivity index (χ0) is 17.5. The zero-order valence-corrected chi connectivity index (χ0v) is 13.8. The van der Waals surface area contributed by atoms with Crippen molar-refractivity contribution >= 4 is 11.9 Å². The average Bonchev–Trinajstić information content (AvgIpc) is 2.84. The van der Waals surface area contributed by atoms with Gasteiger partial charge in [-0.3, -0.25) is 9.48 Å². The van der Waals surface area contributed by atoms with E-state index in [0.29, 0.717) is 12.1 Å². The lowest BCUT2D eigenvalue weighted by atomic mass is 10.1. The van der Waals surface area contributed by atoms with Crippen LogP contribution in [0.3, 0.4) is 0 Å². The summed E-state index contributed by atoms with van der Waals surface area (Å²) in [7, 11) is 0. The Morgan fingerprint density at radius 2 is 1.96 bits per heavy atom. The molecule has 2 rings (SSSR count). The first-order chi connectivity index (χ1) is 11.5. The minimum Gasteiger partial charge on any atom is -0.480 e. The van der Waals surface area contributed by atoms with Gasteiger partial charge in [0.15, 0.2) is 0 Å². The van der Waals surface area contributed by atoms with Crippen LogP contribution in [0.1, 0.15) is 27.3 Å². The minimum atomic E-state index is -1.03. The molecule has 0 unspecified atom stereocenters. The van der Waals surface area contributed by atoms with Crippen LogP contribution in [-0.2, 0) is 16.1 Å². The third-order valence-electron chi connectivity index (χ3n) is 3.41. The van der Waals surface area contributed by atoms with Crippen LogP contribution in [0.25, 0.3) is 0 Å². The Labute approximate surface area is 140 Å². The molecule has 0 spiro atoms. The molecule has 1 aromatic carbocycles. The number of nitrogens with zero attached hydrogens (tertiary/aromatic N) is 2. The number of carboxylic acids is 1. The van der Waals surface area contributed by atoms with Crippen molar-refractivity contribution in [3.8, 4) is 0 Å². The van der Waals surface area contributed by atoms with Crippen LogP contribution < -0.4 is 5.32 Å². The number of nitrogens with one attached hydrogen (secondary N) is 1. The molecule has 2 aromatic rings. The molecule has 0 saturated heterocycles. The largest absolute Gasteiger partial charge is 0.480 e. The van der Waals surface area contributed by atoms with E-state index in [4.69, 9.17) is 9.84 Å². The van der Waals surface area contributed by atoms with Gasteiger partial charge in [0.2, 0.25) is 0 Å². The zero-order valence-electron chi connectivity index (χ0n) is 13.8. The van der Waals surface area contributed by atoms with Crippen molar-refractivity contribution in [1.29, 1.82) is 0 Å². The molecule has 1 heterocycles. The second-order valence-electron chi connectivity index (χ2n) is 5.48. The van der Waals surface area contributed by atoms with Gasteiger partial charge in [-0.05, 0) is 37.6 Å². The van der Waals surface area contributed by atoms with Crippen molar-refractivity contribution in [3.05, 3.63) is 52.8 Å². The summed E-state index contributed by atoms with van der Waals surface area (Å²) >= 11 is 0. The van der Waals surface area contributed by atoms with Crippen LogP contribution in [0.5, 0.6) is 0 Å². The highest BCUT2D eigenvalue weighted by atomic mass is 16.5. The van der Waals surface area contributed by atoms with Crippen molar-refractivity contribution in [2.75, 3.05) is 19.8 Å². The molecule has 0 aliphatic heterocycles. The summed E-state index contributed by atoms with van der Waals surface area (Å²) < 4.78 is 6.78. The quantitative estimate of drug-likeness (QED) is 0.713. The van der Waals surface area contributed by atoms with Crippen LogP contribution in [0, 0.1) is 13.8 Å². The van der Waals surface area contributed by atoms with Gasteiger partial charge in [-0.1, -0.05) is 12.1 Å². The fraction of sp³-hybridized carbons (Fsp3) is 0.353. The third kappa shape index (κ3) is 5.20. The Bertz CT molecular complexity index is 707. The summed E-state index contributed by atoms with van der Waals surface area (Å²) in [6, 6.07) is 9.33. The van der Waals surface area contributed by atoms with Crippen LogP contribution in [0.4, 0.5) is 0 Å². The van der Waals surface area contributed by atoms with Crippen molar-refractivity contribution in [1.82, 2.24) is 15.1 Å². The van der Waals surface area contributed by atoms with Crippen molar-refractivity contribution in [2.24, 2.45) is 0 Å². The fourth-order valence-electron chi connectivity index (χ4n) is 2.27. The summed E-state index contributed by atoms with van der Waals surface area (Å²) in [5.74, 6) is -1.24. The maximum Gasteiger partial charge on any atom is 0.329 e. The Hall–Kier alpha value is -2.67. The highest BCUT2D eigenvalue weighted by molar-refractivity contribution is 5.94. The van der Waals surface area contributed by atoms with Crippen LogP contribution >= 0.6 is 0 Å². The fourth-order valence-corrected chi connectivity index (χ4v) is 2.27. The van der Waals surface area contributed by atoms with Crippen LogP contribution in [-0.4, -0.2) is 46.5 Å². The number of amides is 1. The summed E-state index contributed by atoms with van der Waals surface area (Å²) in [6.45, 7) is 4.68. The van der Waals surface area contributed by atoms with Gasteiger partial charge >= 0.3 is 5.97 Å². The first-order valence-corrected chi connectivity index (χ1v) is 7.63. The lowest BCUT2D eigenvalue weighted by Gasteiger charge is -2.07. The number of carbonyl (C=O) groups is 2. The highest BCUT2D eigenvalue weighted by Gasteiger charge is 2.06. The average molecular weight is 331 g/mol. The van der Waals surface area contributed by atoms with Gasteiger partial charge in [0.1, 0.15) is 6.61 Å². The van der Waals surface area contributed by atoms with Crippen molar-refractivity contribution in [2.45, 2.75) is 20.4 Å². The van der Waals surface area contributed by atoms with Gasteiger partial charge in [0.05, 0.1) is 18.8 Å². The van der Waals surface area contributed by atoms with Crippen molar-refractivity contribution in [3.63, 3.8) is 0 Å². The van der Waals surface area contributed by atoms with Gasteiger partial charge in [0, 0.05) is 17.8 Å². The lowest BCUT2D eigenvalue weighted by Crippen LogP contribution is -2.27. The molecule has 0 bridgehead atoms. The number of benzene rings is 1. The Balaban J connectivity index is 1.83. The van der Waals surface area contributed by atoms with E-state index < -0.39 is 5.97 Å². The van der Waals surface area contributed by atoms with E-state index in [1.165, 1.54) is 0 Å². The van der Waals surface area contributed by atoms with Gasteiger partial charge in [-0.2, -0.15) is 5.10 Å². The molecule has 0 radical (unpaired) electrons. The Kier molecular flexibility index (Phi) is 6.08. The Morgan fingerprint density at radius 3 is 2.54 bits per heavy atom. The molecule has 1 amide bonds. The number of ether oxygens (including phenoxy) is 1. The first-order valence-electron chi connectivity index (χ1n) is 7.63. The predicted molar refractivity (Wildman–Crippen MR) is 88.0 cm³/mol. The van der Waals surface area contributed by atoms with Gasteiger partial charge in [0.25, 0.3) is 5.91 Å². The number of hydrogen-bond donors (Lipinski definition) is 2. The molecular formula is C17H21N3O4. The molecule has 24 heavy (non-hydrogen) atoms. The number of rotatable bonds is 8. The molecule has 1 aromatic heterocycles. The summed E-state index contributed by atoms with van der Waals surface area (Å²) in [6.07, 6.45) is 0. The van der Waals surface area contributed by atoms with E-state index >= 15 is 0 Å². The van der Waals surface area contributed by atoms with E-state index in [1.807, 2.05) is 36.7 Å². The maximum atomic E-state index is 12.0. The Morgan fingerprint density at radius 1 is 1.25 bits per heavy atom. The molecule has 0 atom stereocenters. The van der Waals surface area contributed by atoms with Gasteiger partial charge in [-0.15, -0.1) is 0 Å². The lowest BCUT2D eigenvalue weighted by molar-refractivity contribution is -0.142. The molecule has 128 valence electrons. The number of carbonyl (C=O) groups excluding carboxylic acids is 1. The normalized spacial score (nSPS) is 10.6. The smallest absolute Gasteiger partial charge is 0.329 e. The standard InChI is InChI=1S/C17H21N3O4/c1-12-9-13(2)20(19-12)10-14-3-5-15(6-4-14)17(23)18-7-8-24-11-16(21)22/h3-6,9H,7-8,10-11H2,1-2H3,(H,18,23)(H,21,22). The maximum absolute atomic E-state index is 12.0. The second-order valence-corrected chi connectivity index (χ2v) is 5.48. The predicted octanol–water partition coefficient (Wildman–Crippen LogP) is 1.38. The molecule has 0 aliphatic rings. The molecular weight excluding hydrogens is 310 g/mol. The van der Waals surface area contributed by atoms with Gasteiger partial charge < -0.3 is 15.2 Å². The van der Waals surface area contributed by atoms with Gasteiger partial charge in [-0.25, -0.2) is 4.79 Å². The number of aryl methyl sites for hydroxylation is 2. The molecule has 2 N–H and O–H groups in total. The molecule has 0 saturated carbocycles.